The molecular formula is C24H26N4O. The van der Waals surface area contributed by atoms with E-state index < -0.39 is 0 Å². The third kappa shape index (κ3) is 4.99. The number of Topliss-reactive ketones (excluding diaryl/α,β-unsaturated/α-hetero) is 1. The Morgan fingerprint density at radius 3 is 2.48 bits per heavy atom. The average Bonchev–Trinajstić information content (AvgIpc) is 2.75. The molecule has 0 spiro atoms. The Kier molecular flexibility index (Phi) is 5.84. The van der Waals surface area contributed by atoms with Gasteiger partial charge in [0.15, 0.2) is 5.78 Å². The first-order chi connectivity index (χ1) is 14.2. The van der Waals surface area contributed by atoms with Crippen LogP contribution in [0, 0.1) is 0 Å². The molecule has 0 atom stereocenters. The maximum absolute atomic E-state index is 11.7. The molecule has 1 saturated carbocycles. The molecule has 0 amide bonds. The lowest BCUT2D eigenvalue weighted by Gasteiger charge is -2.23. The minimum Gasteiger partial charge on any atom is -0.351 e. The van der Waals surface area contributed by atoms with E-state index in [1.54, 1.807) is 6.92 Å². The van der Waals surface area contributed by atoms with Crippen molar-refractivity contribution >= 4 is 23.2 Å². The van der Waals surface area contributed by atoms with Crippen molar-refractivity contribution < 1.29 is 4.79 Å². The molecule has 148 valence electrons. The topological polar surface area (TPSA) is 66.9 Å². The lowest BCUT2D eigenvalue weighted by atomic mass is 9.96. The quantitative estimate of drug-likeness (QED) is 0.521. The molecule has 3 aromatic rings. The van der Waals surface area contributed by atoms with E-state index in [-0.39, 0.29) is 5.78 Å². The molecule has 2 aromatic carbocycles. The zero-order chi connectivity index (χ0) is 20.1. The van der Waals surface area contributed by atoms with Gasteiger partial charge in [-0.2, -0.15) is 4.98 Å². The Morgan fingerprint density at radius 2 is 1.72 bits per heavy atom. The summed E-state index contributed by atoms with van der Waals surface area (Å²) in [4.78, 5) is 21.2. The summed E-state index contributed by atoms with van der Waals surface area (Å²) in [5.41, 5.74) is 3.41. The molecule has 29 heavy (non-hydrogen) atoms. The molecule has 1 aliphatic carbocycles. The highest BCUT2D eigenvalue weighted by Gasteiger charge is 2.15. The van der Waals surface area contributed by atoms with Crippen LogP contribution in [0.5, 0.6) is 0 Å². The van der Waals surface area contributed by atoms with Gasteiger partial charge in [0.25, 0.3) is 0 Å². The number of rotatable bonds is 6. The van der Waals surface area contributed by atoms with Crippen molar-refractivity contribution in [3.8, 4) is 11.3 Å². The molecule has 0 unspecified atom stereocenters. The summed E-state index contributed by atoms with van der Waals surface area (Å²) in [6.45, 7) is 1.57. The van der Waals surface area contributed by atoms with Crippen LogP contribution in [-0.2, 0) is 0 Å². The summed E-state index contributed by atoms with van der Waals surface area (Å²) in [5, 5.41) is 6.87. The molecule has 2 N–H and O–H groups in total. The highest BCUT2D eigenvalue weighted by atomic mass is 16.1. The number of anilines is 3. The fourth-order valence-electron chi connectivity index (χ4n) is 3.73. The normalized spacial score (nSPS) is 14.4. The van der Waals surface area contributed by atoms with Gasteiger partial charge in [0.1, 0.15) is 5.82 Å². The van der Waals surface area contributed by atoms with E-state index in [0.717, 1.165) is 29.8 Å². The lowest BCUT2D eigenvalue weighted by Crippen LogP contribution is -2.23. The average molecular weight is 386 g/mol. The molecular weight excluding hydrogens is 360 g/mol. The van der Waals surface area contributed by atoms with E-state index in [2.05, 4.69) is 10.6 Å². The van der Waals surface area contributed by atoms with Crippen molar-refractivity contribution in [2.45, 2.75) is 45.1 Å². The second-order valence-electron chi connectivity index (χ2n) is 7.57. The highest BCUT2D eigenvalue weighted by Crippen LogP contribution is 2.26. The lowest BCUT2D eigenvalue weighted by molar-refractivity contribution is 0.101. The largest absolute Gasteiger partial charge is 0.351 e. The van der Waals surface area contributed by atoms with Gasteiger partial charge in [-0.15, -0.1) is 0 Å². The van der Waals surface area contributed by atoms with Crippen LogP contribution in [0.4, 0.5) is 17.5 Å². The number of nitrogens with zero attached hydrogens (tertiary/aromatic N) is 2. The molecule has 0 aliphatic heterocycles. The second kappa shape index (κ2) is 8.86. The third-order valence-corrected chi connectivity index (χ3v) is 5.28. The summed E-state index contributed by atoms with van der Waals surface area (Å²) in [5.74, 6) is 1.39. The number of benzene rings is 2. The monoisotopic (exact) mass is 386 g/mol. The maximum atomic E-state index is 11.7. The molecule has 0 saturated heterocycles. The number of carbonyl (C=O) groups is 1. The molecule has 0 bridgehead atoms. The number of hydrogen-bond donors (Lipinski definition) is 2. The number of hydrogen-bond acceptors (Lipinski definition) is 5. The fourth-order valence-corrected chi connectivity index (χ4v) is 3.73. The Labute approximate surface area is 171 Å². The van der Waals surface area contributed by atoms with Crippen molar-refractivity contribution in [2.24, 2.45) is 0 Å². The SMILES string of the molecule is CC(=O)c1cccc(Nc2cc(-c3ccccc3)nc(NC3CCCCC3)n2)c1. The van der Waals surface area contributed by atoms with Crippen molar-refractivity contribution in [3.63, 3.8) is 0 Å². The van der Waals surface area contributed by atoms with E-state index in [0.29, 0.717) is 23.4 Å². The minimum atomic E-state index is 0.0426. The Bertz CT molecular complexity index is 981. The predicted octanol–water partition coefficient (Wildman–Crippen LogP) is 5.83. The molecule has 0 radical (unpaired) electrons. The molecule has 5 nitrogen and oxygen atoms in total. The molecule has 1 aromatic heterocycles. The van der Waals surface area contributed by atoms with Crippen LogP contribution in [0.2, 0.25) is 0 Å². The van der Waals surface area contributed by atoms with Gasteiger partial charge in [-0.3, -0.25) is 4.79 Å². The minimum absolute atomic E-state index is 0.0426. The summed E-state index contributed by atoms with van der Waals surface area (Å²) < 4.78 is 0. The Balaban J connectivity index is 1.65. The molecule has 1 fully saturated rings. The van der Waals surface area contributed by atoms with Gasteiger partial charge in [-0.1, -0.05) is 61.7 Å². The maximum Gasteiger partial charge on any atom is 0.225 e. The van der Waals surface area contributed by atoms with Crippen LogP contribution in [0.1, 0.15) is 49.4 Å². The van der Waals surface area contributed by atoms with Gasteiger partial charge >= 0.3 is 0 Å². The molecule has 1 aliphatic rings. The number of aromatic nitrogens is 2. The van der Waals surface area contributed by atoms with E-state index in [9.17, 15) is 4.79 Å². The smallest absolute Gasteiger partial charge is 0.225 e. The van der Waals surface area contributed by atoms with E-state index >= 15 is 0 Å². The number of nitrogens with one attached hydrogen (secondary N) is 2. The van der Waals surface area contributed by atoms with Crippen LogP contribution >= 0.6 is 0 Å². The van der Waals surface area contributed by atoms with Crippen molar-refractivity contribution in [1.29, 1.82) is 0 Å². The second-order valence-corrected chi connectivity index (χ2v) is 7.57. The third-order valence-electron chi connectivity index (χ3n) is 5.28. The van der Waals surface area contributed by atoms with Crippen LogP contribution < -0.4 is 10.6 Å². The van der Waals surface area contributed by atoms with Gasteiger partial charge in [-0.05, 0) is 31.9 Å². The zero-order valence-corrected chi connectivity index (χ0v) is 16.7. The van der Waals surface area contributed by atoms with E-state index in [1.165, 1.54) is 19.3 Å². The standard InChI is InChI=1S/C24H26N4O/c1-17(29)19-11-8-14-21(15-19)25-23-16-22(18-9-4-2-5-10-18)27-24(28-23)26-20-12-6-3-7-13-20/h2,4-5,8-11,14-16,20H,3,6-7,12-13H2,1H3,(H2,25,26,27,28). The summed E-state index contributed by atoms with van der Waals surface area (Å²) >= 11 is 0. The van der Waals surface area contributed by atoms with Gasteiger partial charge in [0.2, 0.25) is 5.95 Å². The van der Waals surface area contributed by atoms with Crippen LogP contribution in [-0.4, -0.2) is 21.8 Å². The van der Waals surface area contributed by atoms with Gasteiger partial charge in [-0.25, -0.2) is 4.98 Å². The van der Waals surface area contributed by atoms with Crippen LogP contribution in [0.25, 0.3) is 11.3 Å². The fraction of sp³-hybridized carbons (Fsp3) is 0.292. The van der Waals surface area contributed by atoms with Gasteiger partial charge < -0.3 is 10.6 Å². The van der Waals surface area contributed by atoms with Crippen LogP contribution in [0.3, 0.4) is 0 Å². The van der Waals surface area contributed by atoms with Crippen molar-refractivity contribution in [1.82, 2.24) is 9.97 Å². The first-order valence-electron chi connectivity index (χ1n) is 10.3. The first kappa shape index (κ1) is 19.1. The number of carbonyl (C=O) groups excluding carboxylic acids is 1. The Hall–Kier alpha value is -3.21. The van der Waals surface area contributed by atoms with E-state index in [4.69, 9.17) is 9.97 Å². The molecule has 1 heterocycles. The van der Waals surface area contributed by atoms with Crippen molar-refractivity contribution in [3.05, 3.63) is 66.2 Å². The van der Waals surface area contributed by atoms with Crippen LogP contribution in [0.15, 0.2) is 60.7 Å². The highest BCUT2D eigenvalue weighted by molar-refractivity contribution is 5.95. The van der Waals surface area contributed by atoms with Gasteiger partial charge in [0.05, 0.1) is 5.69 Å². The molecule has 5 heteroatoms. The van der Waals surface area contributed by atoms with E-state index in [1.807, 2.05) is 60.7 Å². The van der Waals surface area contributed by atoms with Gasteiger partial charge in [0, 0.05) is 28.9 Å². The summed E-state index contributed by atoms with van der Waals surface area (Å²) in [7, 11) is 0. The van der Waals surface area contributed by atoms with Crippen molar-refractivity contribution in [2.75, 3.05) is 10.6 Å². The predicted molar refractivity (Wildman–Crippen MR) is 118 cm³/mol. The zero-order valence-electron chi connectivity index (χ0n) is 16.7. The first-order valence-corrected chi connectivity index (χ1v) is 10.3. The Morgan fingerprint density at radius 1 is 0.931 bits per heavy atom. The summed E-state index contributed by atoms with van der Waals surface area (Å²) in [6, 6.07) is 20.0. The number of ketones is 1. The molecule has 4 rings (SSSR count). The summed E-state index contributed by atoms with van der Waals surface area (Å²) in [6.07, 6.45) is 6.12.